The number of anilines is 1. The van der Waals surface area contributed by atoms with Crippen LogP contribution in [-0.2, 0) is 9.53 Å². The van der Waals surface area contributed by atoms with Crippen LogP contribution in [0, 0.1) is 24.2 Å². The molecule has 1 amide bonds. The van der Waals surface area contributed by atoms with Gasteiger partial charge in [-0.25, -0.2) is 4.98 Å². The number of pyridine rings is 2. The molecule has 4 aliphatic rings. The highest BCUT2D eigenvalue weighted by Gasteiger charge is 2.42. The van der Waals surface area contributed by atoms with Gasteiger partial charge in [0.05, 0.1) is 35.5 Å². The smallest absolute Gasteiger partial charge is 0.225 e. The van der Waals surface area contributed by atoms with E-state index in [4.69, 9.17) is 9.72 Å². The van der Waals surface area contributed by atoms with E-state index in [1.54, 1.807) is 12.3 Å². The minimum Gasteiger partial charge on any atom is -0.378 e. The molecular weight excluding hydrogens is 462 g/mol. The number of aromatic nitrogens is 2. The Morgan fingerprint density at radius 1 is 1.27 bits per heavy atom. The van der Waals surface area contributed by atoms with Crippen molar-refractivity contribution in [2.24, 2.45) is 5.92 Å². The summed E-state index contributed by atoms with van der Waals surface area (Å²) in [6.07, 6.45) is 10.7. The van der Waals surface area contributed by atoms with Crippen molar-refractivity contribution < 1.29 is 9.53 Å². The topological polar surface area (TPSA) is 82.4 Å². The number of ether oxygens (including phenoxy) is 1. The summed E-state index contributed by atoms with van der Waals surface area (Å²) in [6.45, 7) is 8.80. The van der Waals surface area contributed by atoms with Gasteiger partial charge in [0.15, 0.2) is 0 Å². The first kappa shape index (κ1) is 24.1. The van der Waals surface area contributed by atoms with Crippen LogP contribution < -0.4 is 4.90 Å². The first-order valence-electron chi connectivity index (χ1n) is 13.8. The van der Waals surface area contributed by atoms with Crippen LogP contribution in [0.2, 0.25) is 0 Å². The van der Waals surface area contributed by atoms with Crippen molar-refractivity contribution in [1.29, 1.82) is 5.26 Å². The van der Waals surface area contributed by atoms with Crippen molar-refractivity contribution in [3.05, 3.63) is 47.4 Å². The van der Waals surface area contributed by atoms with E-state index < -0.39 is 0 Å². The lowest BCUT2D eigenvalue weighted by Crippen LogP contribution is -2.57. The SMILES string of the molecule is C=Cc1cc(-c2c(C3CC3)nc(N3CCN(C(=O)CC4CCCO4)C(C4CC4)C3)c(C#N)c2C)ccn1. The summed E-state index contributed by atoms with van der Waals surface area (Å²) < 4.78 is 5.75. The van der Waals surface area contributed by atoms with Gasteiger partial charge in [-0.3, -0.25) is 9.78 Å². The molecule has 2 unspecified atom stereocenters. The molecule has 2 aromatic rings. The molecule has 0 spiro atoms. The normalized spacial score (nSPS) is 23.7. The zero-order valence-corrected chi connectivity index (χ0v) is 21.7. The second-order valence-electron chi connectivity index (χ2n) is 11.0. The second-order valence-corrected chi connectivity index (χ2v) is 11.0. The fourth-order valence-corrected chi connectivity index (χ4v) is 6.12. The summed E-state index contributed by atoms with van der Waals surface area (Å²) in [5.74, 6) is 1.98. The lowest BCUT2D eigenvalue weighted by molar-refractivity contribution is -0.136. The molecule has 6 rings (SSSR count). The van der Waals surface area contributed by atoms with E-state index in [0.29, 0.717) is 36.9 Å². The zero-order valence-electron chi connectivity index (χ0n) is 21.7. The Hall–Kier alpha value is -3.24. The average molecular weight is 498 g/mol. The Morgan fingerprint density at radius 2 is 2.11 bits per heavy atom. The predicted molar refractivity (Wildman–Crippen MR) is 143 cm³/mol. The van der Waals surface area contributed by atoms with Crippen molar-refractivity contribution in [1.82, 2.24) is 14.9 Å². The van der Waals surface area contributed by atoms with E-state index in [-0.39, 0.29) is 18.1 Å². The molecule has 2 aromatic heterocycles. The Morgan fingerprint density at radius 3 is 2.78 bits per heavy atom. The largest absolute Gasteiger partial charge is 0.378 e. The van der Waals surface area contributed by atoms with E-state index in [9.17, 15) is 10.1 Å². The molecule has 0 bridgehead atoms. The Kier molecular flexibility index (Phi) is 6.46. The van der Waals surface area contributed by atoms with E-state index in [2.05, 4.69) is 34.4 Å². The highest BCUT2D eigenvalue weighted by molar-refractivity contribution is 5.79. The highest BCUT2D eigenvalue weighted by atomic mass is 16.5. The number of nitriles is 1. The summed E-state index contributed by atoms with van der Waals surface area (Å²) in [6, 6.07) is 6.71. The maximum absolute atomic E-state index is 13.3. The molecule has 37 heavy (non-hydrogen) atoms. The highest BCUT2D eigenvalue weighted by Crippen LogP contribution is 2.47. The molecule has 2 atom stereocenters. The van der Waals surface area contributed by atoms with E-state index in [1.807, 2.05) is 12.1 Å². The minimum atomic E-state index is 0.0725. The van der Waals surface area contributed by atoms with Crippen LogP contribution in [0.1, 0.15) is 73.4 Å². The molecule has 2 saturated heterocycles. The fourth-order valence-electron chi connectivity index (χ4n) is 6.12. The average Bonchev–Trinajstić information content (AvgIpc) is 3.86. The molecule has 192 valence electrons. The van der Waals surface area contributed by atoms with Gasteiger partial charge in [-0.1, -0.05) is 6.58 Å². The first-order chi connectivity index (χ1) is 18.1. The Labute approximate surface area is 219 Å². The van der Waals surface area contributed by atoms with Crippen molar-refractivity contribution in [3.63, 3.8) is 0 Å². The molecule has 0 aromatic carbocycles. The molecular formula is C30H35N5O2. The minimum absolute atomic E-state index is 0.0725. The van der Waals surface area contributed by atoms with Gasteiger partial charge in [0.25, 0.3) is 0 Å². The third kappa shape index (κ3) is 4.75. The van der Waals surface area contributed by atoms with Gasteiger partial charge in [0.1, 0.15) is 11.9 Å². The molecule has 4 fully saturated rings. The van der Waals surface area contributed by atoms with Crippen molar-refractivity contribution in [2.75, 3.05) is 31.1 Å². The molecule has 0 N–H and O–H groups in total. The van der Waals surface area contributed by atoms with Gasteiger partial charge < -0.3 is 14.5 Å². The lowest BCUT2D eigenvalue weighted by atomic mass is 9.93. The van der Waals surface area contributed by atoms with Crippen molar-refractivity contribution in [3.8, 4) is 17.2 Å². The molecule has 2 aliphatic heterocycles. The molecule has 7 heteroatoms. The van der Waals surface area contributed by atoms with Crippen LogP contribution in [0.5, 0.6) is 0 Å². The van der Waals surface area contributed by atoms with Gasteiger partial charge in [0.2, 0.25) is 5.91 Å². The number of rotatable bonds is 7. The maximum Gasteiger partial charge on any atom is 0.225 e. The van der Waals surface area contributed by atoms with Gasteiger partial charge in [-0.2, -0.15) is 5.26 Å². The van der Waals surface area contributed by atoms with Crippen molar-refractivity contribution >= 4 is 17.8 Å². The molecule has 4 heterocycles. The van der Waals surface area contributed by atoms with Gasteiger partial charge in [-0.05, 0) is 80.7 Å². The number of hydrogen-bond donors (Lipinski definition) is 0. The van der Waals surface area contributed by atoms with Crippen LogP contribution >= 0.6 is 0 Å². The number of carbonyl (C=O) groups is 1. The monoisotopic (exact) mass is 497 g/mol. The van der Waals surface area contributed by atoms with Crippen molar-refractivity contribution in [2.45, 2.75) is 69.9 Å². The Bertz CT molecular complexity index is 1250. The third-order valence-corrected chi connectivity index (χ3v) is 8.44. The van der Waals surface area contributed by atoms with Crippen LogP contribution in [0.3, 0.4) is 0 Å². The van der Waals surface area contributed by atoms with Gasteiger partial charge in [-0.15, -0.1) is 0 Å². The Balaban J connectivity index is 1.32. The summed E-state index contributed by atoms with van der Waals surface area (Å²) in [7, 11) is 0. The lowest BCUT2D eigenvalue weighted by Gasteiger charge is -2.43. The third-order valence-electron chi connectivity index (χ3n) is 8.44. The van der Waals surface area contributed by atoms with Crippen LogP contribution in [-0.4, -0.2) is 59.2 Å². The van der Waals surface area contributed by atoms with Crippen LogP contribution in [0.4, 0.5) is 5.82 Å². The molecule has 2 aliphatic carbocycles. The predicted octanol–water partition coefficient (Wildman–Crippen LogP) is 4.84. The number of carbonyl (C=O) groups excluding carboxylic acids is 1. The first-order valence-corrected chi connectivity index (χ1v) is 13.8. The quantitative estimate of drug-likeness (QED) is 0.544. The molecule has 7 nitrogen and oxygen atoms in total. The van der Waals surface area contributed by atoms with Crippen LogP contribution in [0.15, 0.2) is 24.9 Å². The summed E-state index contributed by atoms with van der Waals surface area (Å²) in [5.41, 5.74) is 5.64. The molecule has 0 radical (unpaired) electrons. The van der Waals surface area contributed by atoms with E-state index in [1.165, 1.54) is 12.8 Å². The number of hydrogen-bond acceptors (Lipinski definition) is 6. The number of nitrogens with zero attached hydrogens (tertiary/aromatic N) is 5. The van der Waals surface area contributed by atoms with Gasteiger partial charge in [0, 0.05) is 43.9 Å². The summed E-state index contributed by atoms with van der Waals surface area (Å²) >= 11 is 0. The standard InChI is InChI=1S/C30H35N5O2/c1-3-23-15-22(10-11-32-23)28-19(2)25(17-31)30(33-29(28)21-8-9-21)34-12-13-35(26(18-34)20-6-7-20)27(36)16-24-5-4-14-37-24/h3,10-11,15,20-21,24,26H,1,4-9,12-14,16,18H2,2H3. The van der Waals surface area contributed by atoms with Gasteiger partial charge >= 0.3 is 0 Å². The van der Waals surface area contributed by atoms with Crippen LogP contribution in [0.25, 0.3) is 17.2 Å². The summed E-state index contributed by atoms with van der Waals surface area (Å²) in [5, 5.41) is 10.3. The van der Waals surface area contributed by atoms with E-state index >= 15 is 0 Å². The van der Waals surface area contributed by atoms with E-state index in [0.717, 1.165) is 72.7 Å². The maximum atomic E-state index is 13.3. The zero-order chi connectivity index (χ0) is 25.5. The fraction of sp³-hybridized carbons (Fsp3) is 0.533. The second kappa shape index (κ2) is 9.90. The molecule has 2 saturated carbocycles. The number of piperazine rings is 1. The summed E-state index contributed by atoms with van der Waals surface area (Å²) in [4.78, 5) is 27.3. The number of amides is 1.